The van der Waals surface area contributed by atoms with Gasteiger partial charge in [-0.1, -0.05) is 0 Å². The third-order valence-electron chi connectivity index (χ3n) is 1.43. The molecule has 0 atom stereocenters. The van der Waals surface area contributed by atoms with Gasteiger partial charge in [0.2, 0.25) is 0 Å². The van der Waals surface area contributed by atoms with Crippen molar-refractivity contribution >= 4 is 22.6 Å². The van der Waals surface area contributed by atoms with Crippen LogP contribution in [0.5, 0.6) is 5.75 Å². The van der Waals surface area contributed by atoms with E-state index in [1.165, 1.54) is 12.3 Å². The minimum absolute atomic E-state index is 0.0812. The molecule has 1 aromatic rings. The zero-order valence-corrected chi connectivity index (χ0v) is 9.33. The molecule has 1 heterocycles. The second-order valence-electron chi connectivity index (χ2n) is 2.47. The number of ether oxygens (including phenoxy) is 1. The highest BCUT2D eigenvalue weighted by Gasteiger charge is 2.33. The number of hydrogen-bond donors (Lipinski definition) is 0. The van der Waals surface area contributed by atoms with E-state index in [1.807, 2.05) is 0 Å². The van der Waals surface area contributed by atoms with Gasteiger partial charge in [0.15, 0.2) is 5.75 Å². The quantitative estimate of drug-likeness (QED) is 0.619. The molecule has 0 aliphatic carbocycles. The molecular formula is C8H4F3IN2O. The van der Waals surface area contributed by atoms with Crippen molar-refractivity contribution in [3.63, 3.8) is 0 Å². The van der Waals surface area contributed by atoms with Crippen molar-refractivity contribution in [1.82, 2.24) is 4.98 Å². The maximum Gasteiger partial charge on any atom is 0.573 e. The number of alkyl halides is 3. The van der Waals surface area contributed by atoms with Gasteiger partial charge in [-0.25, -0.2) is 4.98 Å². The first-order valence-electron chi connectivity index (χ1n) is 3.70. The number of hydrogen-bond acceptors (Lipinski definition) is 3. The average molecular weight is 328 g/mol. The molecule has 15 heavy (non-hydrogen) atoms. The number of rotatable bonds is 2. The second-order valence-corrected chi connectivity index (χ2v) is 3.49. The van der Waals surface area contributed by atoms with Crippen molar-refractivity contribution in [1.29, 1.82) is 5.26 Å². The smallest absolute Gasteiger partial charge is 0.403 e. The Balaban J connectivity index is 3.09. The summed E-state index contributed by atoms with van der Waals surface area (Å²) in [5.41, 5.74) is 0.175. The van der Waals surface area contributed by atoms with Crippen LogP contribution in [0.4, 0.5) is 13.2 Å². The highest BCUT2D eigenvalue weighted by molar-refractivity contribution is 14.1. The van der Waals surface area contributed by atoms with E-state index in [2.05, 4.69) is 9.72 Å². The molecule has 0 saturated heterocycles. The van der Waals surface area contributed by atoms with Gasteiger partial charge in [-0.3, -0.25) is 0 Å². The molecule has 7 heteroatoms. The van der Waals surface area contributed by atoms with Crippen molar-refractivity contribution < 1.29 is 17.9 Å². The Morgan fingerprint density at radius 1 is 1.53 bits per heavy atom. The summed E-state index contributed by atoms with van der Waals surface area (Å²) < 4.78 is 39.9. The van der Waals surface area contributed by atoms with E-state index < -0.39 is 12.1 Å². The first-order chi connectivity index (χ1) is 6.94. The molecule has 0 aliphatic heterocycles. The zero-order valence-electron chi connectivity index (χ0n) is 7.18. The molecule has 0 spiro atoms. The molecule has 0 N–H and O–H groups in total. The molecular weight excluding hydrogens is 324 g/mol. The van der Waals surface area contributed by atoms with Crippen LogP contribution in [0.1, 0.15) is 5.56 Å². The third kappa shape index (κ3) is 3.54. The van der Waals surface area contributed by atoms with Crippen LogP contribution in [0.15, 0.2) is 12.3 Å². The molecule has 0 fully saturated rings. The Bertz CT molecular complexity index is 400. The summed E-state index contributed by atoms with van der Waals surface area (Å²) in [7, 11) is 0. The van der Waals surface area contributed by atoms with Crippen LogP contribution in [0, 0.1) is 15.0 Å². The van der Waals surface area contributed by atoms with Gasteiger partial charge in [0.1, 0.15) is 3.70 Å². The molecule has 0 bridgehead atoms. The van der Waals surface area contributed by atoms with Crippen LogP contribution in [0.2, 0.25) is 0 Å². The van der Waals surface area contributed by atoms with Crippen molar-refractivity contribution in [3.8, 4) is 11.8 Å². The second kappa shape index (κ2) is 4.65. The highest BCUT2D eigenvalue weighted by Crippen LogP contribution is 2.29. The lowest BCUT2D eigenvalue weighted by Crippen LogP contribution is -2.19. The molecule has 1 aromatic heterocycles. The van der Waals surface area contributed by atoms with Gasteiger partial charge in [-0.15, -0.1) is 13.2 Å². The SMILES string of the molecule is N#CCc1ccnc(I)c1OC(F)(F)F. The van der Waals surface area contributed by atoms with E-state index in [4.69, 9.17) is 5.26 Å². The van der Waals surface area contributed by atoms with Crippen LogP contribution < -0.4 is 4.74 Å². The molecule has 80 valence electrons. The Morgan fingerprint density at radius 2 is 2.20 bits per heavy atom. The number of pyridine rings is 1. The van der Waals surface area contributed by atoms with Gasteiger partial charge in [0.05, 0.1) is 12.5 Å². The molecule has 3 nitrogen and oxygen atoms in total. The Labute approximate surface area is 97.0 Å². The lowest BCUT2D eigenvalue weighted by molar-refractivity contribution is -0.275. The van der Waals surface area contributed by atoms with E-state index in [0.29, 0.717) is 0 Å². The molecule has 0 saturated carbocycles. The van der Waals surface area contributed by atoms with Crippen LogP contribution >= 0.6 is 22.6 Å². The topological polar surface area (TPSA) is 45.9 Å². The first kappa shape index (κ1) is 12.0. The van der Waals surface area contributed by atoms with E-state index in [9.17, 15) is 13.2 Å². The van der Waals surface area contributed by atoms with Gasteiger partial charge in [0.25, 0.3) is 0 Å². The van der Waals surface area contributed by atoms with Crippen LogP contribution in [0.25, 0.3) is 0 Å². The minimum Gasteiger partial charge on any atom is -0.403 e. The van der Waals surface area contributed by atoms with Gasteiger partial charge >= 0.3 is 6.36 Å². The molecule has 0 amide bonds. The maximum atomic E-state index is 12.0. The predicted molar refractivity (Wildman–Crippen MR) is 53.0 cm³/mol. The van der Waals surface area contributed by atoms with Crippen molar-refractivity contribution in [2.45, 2.75) is 12.8 Å². The normalized spacial score (nSPS) is 10.9. The van der Waals surface area contributed by atoms with Gasteiger partial charge in [-0.2, -0.15) is 5.26 Å². The number of nitrogens with zero attached hydrogens (tertiary/aromatic N) is 2. The number of aromatic nitrogens is 1. The molecule has 0 aromatic carbocycles. The standard InChI is InChI=1S/C8H4F3IN2O/c9-8(10,11)15-6-5(1-3-13)2-4-14-7(6)12/h2,4H,1H2. The summed E-state index contributed by atoms with van der Waals surface area (Å²) in [5.74, 6) is -0.396. The van der Waals surface area contributed by atoms with Crippen molar-refractivity contribution in [2.24, 2.45) is 0 Å². The highest BCUT2D eigenvalue weighted by atomic mass is 127. The van der Waals surface area contributed by atoms with Crippen molar-refractivity contribution in [2.75, 3.05) is 0 Å². The molecule has 1 rings (SSSR count). The Kier molecular flexibility index (Phi) is 3.73. The van der Waals surface area contributed by atoms with E-state index in [1.54, 1.807) is 28.7 Å². The van der Waals surface area contributed by atoms with Crippen LogP contribution in [-0.4, -0.2) is 11.3 Å². The summed E-state index contributed by atoms with van der Waals surface area (Å²) >= 11 is 1.62. The summed E-state index contributed by atoms with van der Waals surface area (Å²) in [4.78, 5) is 3.66. The fraction of sp³-hybridized carbons (Fsp3) is 0.250. The fourth-order valence-corrected chi connectivity index (χ4v) is 1.52. The first-order valence-corrected chi connectivity index (χ1v) is 4.78. The lowest BCUT2D eigenvalue weighted by atomic mass is 10.2. The van der Waals surface area contributed by atoms with Gasteiger partial charge in [-0.05, 0) is 28.7 Å². The largest absolute Gasteiger partial charge is 0.573 e. The van der Waals surface area contributed by atoms with E-state index in [-0.39, 0.29) is 15.7 Å². The molecule has 0 radical (unpaired) electrons. The minimum atomic E-state index is -4.77. The number of halogens is 4. The lowest BCUT2D eigenvalue weighted by Gasteiger charge is -2.12. The maximum absolute atomic E-state index is 12.0. The van der Waals surface area contributed by atoms with Crippen LogP contribution in [-0.2, 0) is 6.42 Å². The Morgan fingerprint density at radius 3 is 2.73 bits per heavy atom. The van der Waals surface area contributed by atoms with Gasteiger partial charge in [0, 0.05) is 11.8 Å². The summed E-state index contributed by atoms with van der Waals surface area (Å²) in [6, 6.07) is 3.08. The number of nitriles is 1. The Hall–Kier alpha value is -1.04. The molecule has 0 aliphatic rings. The fourth-order valence-electron chi connectivity index (χ4n) is 0.907. The average Bonchev–Trinajstić information content (AvgIpc) is 2.10. The van der Waals surface area contributed by atoms with Crippen LogP contribution in [0.3, 0.4) is 0 Å². The summed E-state index contributed by atoms with van der Waals surface area (Å²) in [6.07, 6.45) is -3.59. The summed E-state index contributed by atoms with van der Waals surface area (Å²) in [5, 5.41) is 8.42. The van der Waals surface area contributed by atoms with Crippen molar-refractivity contribution in [3.05, 3.63) is 21.5 Å². The van der Waals surface area contributed by atoms with E-state index in [0.717, 1.165) is 0 Å². The summed E-state index contributed by atoms with van der Waals surface area (Å²) in [6.45, 7) is 0. The third-order valence-corrected chi connectivity index (χ3v) is 2.20. The molecule has 0 unspecified atom stereocenters. The monoisotopic (exact) mass is 328 g/mol. The predicted octanol–water partition coefficient (Wildman–Crippen LogP) is 2.65. The van der Waals surface area contributed by atoms with E-state index >= 15 is 0 Å². The van der Waals surface area contributed by atoms with Gasteiger partial charge < -0.3 is 4.74 Å². The zero-order chi connectivity index (χ0) is 11.5.